The van der Waals surface area contributed by atoms with Crippen molar-refractivity contribution in [2.75, 3.05) is 32.7 Å². The topological polar surface area (TPSA) is 113 Å². The number of piperazine rings is 1. The molecule has 3 amide bonds. The third-order valence-electron chi connectivity index (χ3n) is 4.81. The minimum Gasteiger partial charge on any atom is -0.352 e. The molecule has 1 aromatic carbocycles. The molecule has 8 nitrogen and oxygen atoms in total. The Balaban J connectivity index is 1.81. The van der Waals surface area contributed by atoms with Gasteiger partial charge in [-0.25, -0.2) is 13.2 Å². The first kappa shape index (κ1) is 22.2. The Hall–Kier alpha value is -2.13. The van der Waals surface area contributed by atoms with Gasteiger partial charge in [-0.1, -0.05) is 25.5 Å². The lowest BCUT2D eigenvalue weighted by atomic mass is 10.1. The van der Waals surface area contributed by atoms with Gasteiger partial charge in [-0.05, 0) is 37.0 Å². The lowest BCUT2D eigenvalue weighted by Crippen LogP contribution is -2.50. The molecule has 0 radical (unpaired) electrons. The van der Waals surface area contributed by atoms with E-state index in [1.807, 2.05) is 12.1 Å². The zero-order valence-electron chi connectivity index (χ0n) is 16.4. The van der Waals surface area contributed by atoms with Crippen LogP contribution in [-0.2, 0) is 21.2 Å². The average molecular weight is 411 g/mol. The minimum absolute atomic E-state index is 0.0139. The summed E-state index contributed by atoms with van der Waals surface area (Å²) in [4.78, 5) is 24.9. The van der Waals surface area contributed by atoms with E-state index in [-0.39, 0.29) is 5.91 Å². The summed E-state index contributed by atoms with van der Waals surface area (Å²) in [6.07, 6.45) is 3.66. The highest BCUT2D eigenvalue weighted by Gasteiger charge is 2.29. The van der Waals surface area contributed by atoms with E-state index >= 15 is 0 Å². The van der Waals surface area contributed by atoms with E-state index in [1.165, 1.54) is 4.31 Å². The van der Waals surface area contributed by atoms with Gasteiger partial charge in [-0.3, -0.25) is 4.79 Å². The Morgan fingerprint density at radius 1 is 1.07 bits per heavy atom. The van der Waals surface area contributed by atoms with Crippen molar-refractivity contribution in [3.05, 3.63) is 29.8 Å². The third-order valence-corrected chi connectivity index (χ3v) is 6.72. The molecule has 1 fully saturated rings. The van der Waals surface area contributed by atoms with E-state index in [4.69, 9.17) is 5.73 Å². The number of amides is 3. The van der Waals surface area contributed by atoms with Crippen molar-refractivity contribution in [2.45, 2.75) is 43.9 Å². The number of carbonyl (C=O) groups excluding carboxylic acids is 2. The fraction of sp³-hybridized carbons (Fsp3) is 0.579. The average Bonchev–Trinajstić information content (AvgIpc) is 2.68. The van der Waals surface area contributed by atoms with E-state index < -0.39 is 16.1 Å². The monoisotopic (exact) mass is 410 g/mol. The highest BCUT2D eigenvalue weighted by atomic mass is 32.2. The van der Waals surface area contributed by atoms with E-state index in [1.54, 1.807) is 17.0 Å². The number of sulfonamides is 1. The molecule has 0 aliphatic carbocycles. The van der Waals surface area contributed by atoms with Crippen LogP contribution in [0.1, 0.15) is 38.2 Å². The van der Waals surface area contributed by atoms with Gasteiger partial charge < -0.3 is 16.0 Å². The molecule has 1 heterocycles. The lowest BCUT2D eigenvalue weighted by molar-refractivity contribution is -0.132. The summed E-state index contributed by atoms with van der Waals surface area (Å²) in [6, 6.07) is 6.49. The molecule has 0 saturated carbocycles. The molecule has 3 N–H and O–H groups in total. The molecule has 28 heavy (non-hydrogen) atoms. The zero-order chi connectivity index (χ0) is 20.6. The fourth-order valence-corrected chi connectivity index (χ4v) is 4.64. The molecule has 0 spiro atoms. The molecular weight excluding hydrogens is 380 g/mol. The first-order valence-electron chi connectivity index (χ1n) is 9.74. The number of unbranched alkanes of at least 4 members (excludes halogenated alkanes) is 1. The van der Waals surface area contributed by atoms with Gasteiger partial charge in [0, 0.05) is 39.1 Å². The maximum absolute atomic E-state index is 12.8. The summed E-state index contributed by atoms with van der Waals surface area (Å²) >= 11 is 0. The summed E-state index contributed by atoms with van der Waals surface area (Å²) < 4.78 is 27.1. The third kappa shape index (κ3) is 6.20. The van der Waals surface area contributed by atoms with Crippen LogP contribution in [0.2, 0.25) is 0 Å². The molecule has 0 aromatic heterocycles. The van der Waals surface area contributed by atoms with Gasteiger partial charge in [0.2, 0.25) is 15.9 Å². The standard InChI is InChI=1S/C19H30N4O4S/c1-2-5-16-7-9-17(10-8-16)28(26,27)23-14-12-22(13-15-23)18(24)6-3-4-11-21-19(20)25/h7-10H,2-6,11-15H2,1H3,(H3,20,21,25). The summed E-state index contributed by atoms with van der Waals surface area (Å²) in [6.45, 7) is 3.92. The first-order valence-corrected chi connectivity index (χ1v) is 11.2. The van der Waals surface area contributed by atoms with Crippen LogP contribution in [0, 0.1) is 0 Å². The zero-order valence-corrected chi connectivity index (χ0v) is 17.2. The molecule has 9 heteroatoms. The molecule has 1 saturated heterocycles. The van der Waals surface area contributed by atoms with Crippen molar-refractivity contribution in [3.8, 4) is 0 Å². The van der Waals surface area contributed by atoms with Crippen LogP contribution in [0.3, 0.4) is 0 Å². The van der Waals surface area contributed by atoms with Gasteiger partial charge >= 0.3 is 6.03 Å². The first-order chi connectivity index (χ1) is 13.3. The predicted molar refractivity (Wildman–Crippen MR) is 107 cm³/mol. The van der Waals surface area contributed by atoms with Crippen LogP contribution in [0.25, 0.3) is 0 Å². The Morgan fingerprint density at radius 2 is 1.71 bits per heavy atom. The minimum atomic E-state index is -3.53. The Bertz CT molecular complexity index is 757. The van der Waals surface area contributed by atoms with E-state index in [0.717, 1.165) is 18.4 Å². The normalized spacial score (nSPS) is 15.4. The number of urea groups is 1. The van der Waals surface area contributed by atoms with Crippen LogP contribution < -0.4 is 11.1 Å². The highest BCUT2D eigenvalue weighted by molar-refractivity contribution is 7.89. The number of nitrogens with one attached hydrogen (secondary N) is 1. The van der Waals surface area contributed by atoms with Crippen LogP contribution in [0.5, 0.6) is 0 Å². The number of hydrogen-bond acceptors (Lipinski definition) is 4. The van der Waals surface area contributed by atoms with Crippen molar-refractivity contribution < 1.29 is 18.0 Å². The van der Waals surface area contributed by atoms with Crippen LogP contribution in [0.4, 0.5) is 4.79 Å². The van der Waals surface area contributed by atoms with Crippen LogP contribution in [-0.4, -0.2) is 62.3 Å². The summed E-state index contributed by atoms with van der Waals surface area (Å²) in [5.41, 5.74) is 6.11. The number of nitrogens with two attached hydrogens (primary N) is 1. The van der Waals surface area contributed by atoms with Gasteiger partial charge in [0.25, 0.3) is 0 Å². The van der Waals surface area contributed by atoms with Crippen molar-refractivity contribution >= 4 is 22.0 Å². The number of hydrogen-bond donors (Lipinski definition) is 2. The quantitative estimate of drug-likeness (QED) is 0.598. The van der Waals surface area contributed by atoms with Crippen LogP contribution in [0.15, 0.2) is 29.2 Å². The maximum atomic E-state index is 12.8. The molecule has 0 bridgehead atoms. The second-order valence-corrected chi connectivity index (χ2v) is 8.86. The number of carbonyl (C=O) groups is 2. The second-order valence-electron chi connectivity index (χ2n) is 6.93. The highest BCUT2D eigenvalue weighted by Crippen LogP contribution is 2.19. The summed E-state index contributed by atoms with van der Waals surface area (Å²) in [5, 5.41) is 2.49. The van der Waals surface area contributed by atoms with Crippen LogP contribution >= 0.6 is 0 Å². The summed E-state index contributed by atoms with van der Waals surface area (Å²) in [7, 11) is -3.53. The molecule has 0 unspecified atom stereocenters. The van der Waals surface area contributed by atoms with E-state index in [2.05, 4.69) is 12.2 Å². The Labute approximate surface area is 167 Å². The number of rotatable bonds is 9. The second kappa shape index (κ2) is 10.4. The van der Waals surface area contributed by atoms with E-state index in [9.17, 15) is 18.0 Å². The lowest BCUT2D eigenvalue weighted by Gasteiger charge is -2.34. The number of benzene rings is 1. The predicted octanol–water partition coefficient (Wildman–Crippen LogP) is 1.31. The molecule has 0 atom stereocenters. The van der Waals surface area contributed by atoms with Gasteiger partial charge in [-0.15, -0.1) is 0 Å². The fourth-order valence-electron chi connectivity index (χ4n) is 3.21. The van der Waals surface area contributed by atoms with Crippen molar-refractivity contribution in [2.24, 2.45) is 5.73 Å². The number of aryl methyl sites for hydroxylation is 1. The summed E-state index contributed by atoms with van der Waals surface area (Å²) in [5.74, 6) is 0.0139. The molecular formula is C19H30N4O4S. The smallest absolute Gasteiger partial charge is 0.312 e. The van der Waals surface area contributed by atoms with Crippen molar-refractivity contribution in [3.63, 3.8) is 0 Å². The molecule has 1 aliphatic heterocycles. The van der Waals surface area contributed by atoms with Gasteiger partial charge in [0.15, 0.2) is 0 Å². The van der Waals surface area contributed by atoms with Crippen molar-refractivity contribution in [1.82, 2.24) is 14.5 Å². The SMILES string of the molecule is CCCc1ccc(S(=O)(=O)N2CCN(C(=O)CCCCNC(N)=O)CC2)cc1. The van der Waals surface area contributed by atoms with Gasteiger partial charge in [0.05, 0.1) is 4.90 Å². The number of nitrogens with zero attached hydrogens (tertiary/aromatic N) is 2. The molecule has 1 aromatic rings. The molecule has 1 aliphatic rings. The molecule has 156 valence electrons. The Morgan fingerprint density at radius 3 is 2.29 bits per heavy atom. The maximum Gasteiger partial charge on any atom is 0.312 e. The Kier molecular flexibility index (Phi) is 8.25. The number of primary amides is 1. The molecule has 2 rings (SSSR count). The van der Waals surface area contributed by atoms with E-state index in [0.29, 0.717) is 56.9 Å². The van der Waals surface area contributed by atoms with Crippen molar-refractivity contribution in [1.29, 1.82) is 0 Å². The van der Waals surface area contributed by atoms with Gasteiger partial charge in [0.1, 0.15) is 0 Å². The largest absolute Gasteiger partial charge is 0.352 e. The van der Waals surface area contributed by atoms with Gasteiger partial charge in [-0.2, -0.15) is 4.31 Å².